The van der Waals surface area contributed by atoms with Crippen molar-refractivity contribution in [3.05, 3.63) is 66.0 Å². The molecule has 0 saturated carbocycles. The fraction of sp³-hybridized carbons (Fsp3) is 0.136. The summed E-state index contributed by atoms with van der Waals surface area (Å²) in [6.45, 7) is 3.94. The van der Waals surface area contributed by atoms with Gasteiger partial charge in [0.25, 0.3) is 21.8 Å². The van der Waals surface area contributed by atoms with Gasteiger partial charge in [-0.3, -0.25) is 9.52 Å². The Labute approximate surface area is 178 Å². The summed E-state index contributed by atoms with van der Waals surface area (Å²) in [5.41, 5.74) is 2.16. The normalized spacial score (nSPS) is 13.1. The summed E-state index contributed by atoms with van der Waals surface area (Å²) in [5.74, 6) is 0.898. The first-order chi connectivity index (χ1) is 14.8. The van der Waals surface area contributed by atoms with Crippen molar-refractivity contribution >= 4 is 38.1 Å². The number of nitrogens with one attached hydrogen (secondary N) is 2. The van der Waals surface area contributed by atoms with Crippen molar-refractivity contribution in [3.63, 3.8) is 0 Å². The summed E-state index contributed by atoms with van der Waals surface area (Å²) in [6.07, 6.45) is 0. The van der Waals surface area contributed by atoms with Gasteiger partial charge in [-0.05, 0) is 42.5 Å². The molecule has 1 aliphatic heterocycles. The van der Waals surface area contributed by atoms with Crippen LogP contribution in [0.15, 0.2) is 64.0 Å². The second-order valence-electron chi connectivity index (χ2n) is 7.59. The van der Waals surface area contributed by atoms with Crippen molar-refractivity contribution in [3.8, 4) is 11.5 Å². The maximum absolute atomic E-state index is 13.1. The van der Waals surface area contributed by atoms with E-state index in [0.717, 1.165) is 0 Å². The molecule has 5 rings (SSSR count). The van der Waals surface area contributed by atoms with Gasteiger partial charge in [-0.25, -0.2) is 8.42 Å². The lowest BCUT2D eigenvalue weighted by Crippen LogP contribution is -2.13. The number of sulfonamides is 1. The van der Waals surface area contributed by atoms with E-state index in [0.29, 0.717) is 45.0 Å². The first-order valence-corrected chi connectivity index (χ1v) is 11.2. The van der Waals surface area contributed by atoms with Gasteiger partial charge in [-0.15, -0.1) is 0 Å². The fourth-order valence-electron chi connectivity index (χ4n) is 3.57. The zero-order valence-corrected chi connectivity index (χ0v) is 17.5. The van der Waals surface area contributed by atoms with Crippen molar-refractivity contribution in [2.45, 2.75) is 24.7 Å². The number of anilines is 2. The Balaban J connectivity index is 1.46. The van der Waals surface area contributed by atoms with Crippen molar-refractivity contribution < 1.29 is 17.7 Å². The number of aromatic nitrogens is 2. The minimum atomic E-state index is -3.89. The van der Waals surface area contributed by atoms with Gasteiger partial charge >= 0.3 is 0 Å². The Morgan fingerprint density at radius 1 is 1.03 bits per heavy atom. The molecule has 9 heteroatoms. The zero-order chi connectivity index (χ0) is 21.8. The Kier molecular flexibility index (Phi) is 4.30. The first-order valence-electron chi connectivity index (χ1n) is 9.67. The third-order valence-electron chi connectivity index (χ3n) is 5.13. The molecule has 1 aromatic heterocycles. The summed E-state index contributed by atoms with van der Waals surface area (Å²) in [6, 6.07) is 14.9. The van der Waals surface area contributed by atoms with Gasteiger partial charge < -0.3 is 9.84 Å². The van der Waals surface area contributed by atoms with E-state index in [4.69, 9.17) is 4.52 Å². The maximum atomic E-state index is 13.1. The molecule has 1 aliphatic rings. The van der Waals surface area contributed by atoms with Gasteiger partial charge in [-0.2, -0.15) is 4.98 Å². The molecule has 0 radical (unpaired) electrons. The third-order valence-corrected chi connectivity index (χ3v) is 6.56. The maximum Gasteiger partial charge on any atom is 0.262 e. The average molecular weight is 434 g/mol. The molecule has 2 heterocycles. The van der Waals surface area contributed by atoms with Crippen LogP contribution in [0.2, 0.25) is 0 Å². The standard InChI is InChI=1S/C22H18N4O4S/c1-12(2)20-24-22(30-25-20)13-6-8-14(9-7-13)26-31(28,29)18-11-10-17-19-15(18)4-3-5-16(19)21(27)23-17/h3-12,26H,1-2H3,(H,23,27). The van der Waals surface area contributed by atoms with Crippen LogP contribution in [-0.4, -0.2) is 24.5 Å². The number of nitrogens with zero attached hydrogens (tertiary/aromatic N) is 2. The van der Waals surface area contributed by atoms with E-state index in [2.05, 4.69) is 20.2 Å². The van der Waals surface area contributed by atoms with Crippen LogP contribution in [0.1, 0.15) is 35.9 Å². The summed E-state index contributed by atoms with van der Waals surface area (Å²) in [7, 11) is -3.89. The highest BCUT2D eigenvalue weighted by molar-refractivity contribution is 7.93. The van der Waals surface area contributed by atoms with E-state index in [1.165, 1.54) is 6.07 Å². The van der Waals surface area contributed by atoms with Crippen LogP contribution < -0.4 is 10.0 Å². The van der Waals surface area contributed by atoms with Crippen molar-refractivity contribution in [2.75, 3.05) is 10.0 Å². The van der Waals surface area contributed by atoms with E-state index < -0.39 is 10.0 Å². The van der Waals surface area contributed by atoms with E-state index in [-0.39, 0.29) is 16.7 Å². The van der Waals surface area contributed by atoms with E-state index >= 15 is 0 Å². The van der Waals surface area contributed by atoms with Crippen molar-refractivity contribution in [2.24, 2.45) is 0 Å². The van der Waals surface area contributed by atoms with Crippen LogP contribution >= 0.6 is 0 Å². The molecule has 31 heavy (non-hydrogen) atoms. The smallest absolute Gasteiger partial charge is 0.262 e. The van der Waals surface area contributed by atoms with Crippen LogP contribution in [0.4, 0.5) is 11.4 Å². The molecule has 0 unspecified atom stereocenters. The minimum absolute atomic E-state index is 0.104. The van der Waals surface area contributed by atoms with Gasteiger partial charge in [-0.1, -0.05) is 31.1 Å². The third kappa shape index (κ3) is 3.23. The topological polar surface area (TPSA) is 114 Å². The predicted octanol–water partition coefficient (Wildman–Crippen LogP) is 4.38. The number of carbonyl (C=O) groups is 1. The molecule has 0 spiro atoms. The number of carbonyl (C=O) groups excluding carboxylic acids is 1. The molecular weight excluding hydrogens is 416 g/mol. The highest BCUT2D eigenvalue weighted by atomic mass is 32.2. The van der Waals surface area contributed by atoms with E-state index in [1.54, 1.807) is 48.5 Å². The summed E-state index contributed by atoms with van der Waals surface area (Å²) < 4.78 is 34.1. The Morgan fingerprint density at radius 3 is 2.52 bits per heavy atom. The second kappa shape index (κ2) is 6.92. The van der Waals surface area contributed by atoms with Crippen LogP contribution in [-0.2, 0) is 10.0 Å². The molecular formula is C22H18N4O4S. The lowest BCUT2D eigenvalue weighted by molar-refractivity contribution is 0.103. The molecule has 0 atom stereocenters. The average Bonchev–Trinajstić information content (AvgIpc) is 3.35. The molecule has 0 aliphatic carbocycles. The van der Waals surface area contributed by atoms with Gasteiger partial charge in [0.15, 0.2) is 5.82 Å². The van der Waals surface area contributed by atoms with Gasteiger partial charge in [0.2, 0.25) is 0 Å². The molecule has 2 N–H and O–H groups in total. The summed E-state index contributed by atoms with van der Waals surface area (Å²) in [4.78, 5) is 16.5. The lowest BCUT2D eigenvalue weighted by atomic mass is 10.1. The van der Waals surface area contributed by atoms with Gasteiger partial charge in [0.05, 0.1) is 4.90 Å². The molecule has 4 aromatic rings. The molecule has 0 bridgehead atoms. The predicted molar refractivity (Wildman–Crippen MR) is 117 cm³/mol. The first kappa shape index (κ1) is 19.3. The number of benzene rings is 3. The minimum Gasteiger partial charge on any atom is -0.334 e. The van der Waals surface area contributed by atoms with Crippen molar-refractivity contribution in [1.29, 1.82) is 0 Å². The molecule has 1 amide bonds. The molecule has 0 fully saturated rings. The highest BCUT2D eigenvalue weighted by Crippen LogP contribution is 2.37. The van der Waals surface area contributed by atoms with Crippen LogP contribution in [0.3, 0.4) is 0 Å². The highest BCUT2D eigenvalue weighted by Gasteiger charge is 2.26. The number of hydrogen-bond acceptors (Lipinski definition) is 6. The molecule has 8 nitrogen and oxygen atoms in total. The van der Waals surface area contributed by atoms with Crippen LogP contribution in [0, 0.1) is 0 Å². The summed E-state index contributed by atoms with van der Waals surface area (Å²) in [5, 5.41) is 7.80. The SMILES string of the molecule is CC(C)c1noc(-c2ccc(NS(=O)(=O)c3ccc4c5c(cccc35)C(=O)N4)cc2)n1. The monoisotopic (exact) mass is 434 g/mol. The molecule has 3 aromatic carbocycles. The Bertz CT molecular complexity index is 1440. The van der Waals surface area contributed by atoms with Crippen LogP contribution in [0.5, 0.6) is 0 Å². The lowest BCUT2D eigenvalue weighted by Gasteiger charge is -2.11. The fourth-order valence-corrected chi connectivity index (χ4v) is 4.84. The van der Waals surface area contributed by atoms with Crippen LogP contribution in [0.25, 0.3) is 22.2 Å². The number of hydrogen-bond donors (Lipinski definition) is 2. The van der Waals surface area contributed by atoms with E-state index in [1.807, 2.05) is 13.8 Å². The second-order valence-corrected chi connectivity index (χ2v) is 9.24. The summed E-state index contributed by atoms with van der Waals surface area (Å²) >= 11 is 0. The van der Waals surface area contributed by atoms with E-state index in [9.17, 15) is 13.2 Å². The Hall–Kier alpha value is -3.72. The zero-order valence-electron chi connectivity index (χ0n) is 16.7. The number of rotatable bonds is 5. The quantitative estimate of drug-likeness (QED) is 0.482. The van der Waals surface area contributed by atoms with Crippen molar-refractivity contribution in [1.82, 2.24) is 10.1 Å². The van der Waals surface area contributed by atoms with Gasteiger partial charge in [0.1, 0.15) is 0 Å². The largest absolute Gasteiger partial charge is 0.334 e. The van der Waals surface area contributed by atoms with Gasteiger partial charge in [0, 0.05) is 39.2 Å². The molecule has 0 saturated heterocycles. The Morgan fingerprint density at radius 2 is 1.81 bits per heavy atom. The molecule has 156 valence electrons. The number of amides is 1.